The molecule has 2 aromatic rings. The van der Waals surface area contributed by atoms with Gasteiger partial charge in [0.25, 0.3) is 5.91 Å². The van der Waals surface area contributed by atoms with Crippen LogP contribution in [0.3, 0.4) is 0 Å². The van der Waals surface area contributed by atoms with Gasteiger partial charge in [0.15, 0.2) is 0 Å². The Kier molecular flexibility index (Phi) is 9.18. The molecule has 1 aromatic heterocycles. The lowest BCUT2D eigenvalue weighted by molar-refractivity contribution is 0.0730. The fraction of sp³-hybridized carbons (Fsp3) is 0.500. The predicted molar refractivity (Wildman–Crippen MR) is 146 cm³/mol. The van der Waals surface area contributed by atoms with Crippen molar-refractivity contribution in [1.29, 1.82) is 0 Å². The van der Waals surface area contributed by atoms with E-state index < -0.39 is 27.4 Å². The fourth-order valence-electron chi connectivity index (χ4n) is 3.64. The van der Waals surface area contributed by atoms with E-state index in [9.17, 15) is 18.0 Å². The molecule has 1 fully saturated rings. The summed E-state index contributed by atoms with van der Waals surface area (Å²) in [4.78, 5) is 29.7. The van der Waals surface area contributed by atoms with Crippen molar-refractivity contribution in [2.75, 3.05) is 63.2 Å². The summed E-state index contributed by atoms with van der Waals surface area (Å²) in [5, 5.41) is 5.75. The zero-order valence-corrected chi connectivity index (χ0v) is 23.9. The summed E-state index contributed by atoms with van der Waals surface area (Å²) in [5.74, 6) is -0.287. The van der Waals surface area contributed by atoms with Gasteiger partial charge in [-0.2, -0.15) is 4.31 Å². The Labute approximate surface area is 227 Å². The zero-order chi connectivity index (χ0) is 27.5. The lowest BCUT2D eigenvalue weighted by Gasteiger charge is -2.22. The zero-order valence-electron chi connectivity index (χ0n) is 21.6. The van der Waals surface area contributed by atoms with Crippen molar-refractivity contribution in [2.24, 2.45) is 0 Å². The third kappa shape index (κ3) is 7.38. The van der Waals surface area contributed by atoms with Crippen LogP contribution in [0.25, 0.3) is 0 Å². The first-order valence-electron chi connectivity index (χ1n) is 11.8. The largest absolute Gasteiger partial charge is 0.453 e. The second-order valence-corrected chi connectivity index (χ2v) is 13.0. The Morgan fingerprint density at radius 3 is 2.41 bits per heavy atom. The molecule has 2 heterocycles. The summed E-state index contributed by atoms with van der Waals surface area (Å²) >= 11 is 12.2. The number of rotatable bonds is 6. The van der Waals surface area contributed by atoms with Crippen LogP contribution in [0.15, 0.2) is 28.7 Å². The Bertz CT molecular complexity index is 1260. The first-order valence-corrected chi connectivity index (χ1v) is 14.1. The van der Waals surface area contributed by atoms with E-state index in [2.05, 4.69) is 10.6 Å². The predicted octanol–water partition coefficient (Wildman–Crippen LogP) is 4.18. The molecule has 2 N–H and O–H groups in total. The molecule has 0 aliphatic carbocycles. The van der Waals surface area contributed by atoms with Gasteiger partial charge in [0.1, 0.15) is 5.76 Å². The van der Waals surface area contributed by atoms with E-state index in [-0.39, 0.29) is 46.9 Å². The van der Waals surface area contributed by atoms with Crippen molar-refractivity contribution in [3.05, 3.63) is 45.8 Å². The maximum Gasteiger partial charge on any atom is 0.323 e. The molecule has 3 amide bonds. The number of carbonyl (C=O) groups excluding carboxylic acids is 2. The Balaban J connectivity index is 1.83. The molecule has 1 aromatic carbocycles. The molecule has 3 rings (SSSR count). The maximum atomic E-state index is 13.5. The third-order valence-electron chi connectivity index (χ3n) is 5.83. The standard InChI is InChI=1S/C24H33Cl2N5O5S/c1-24(2,3)19-15-18(28-23(33)27-17-8-6-7-16(25)20(17)26)21(36-19)22(32)30-10-12-31(11-9-29(4)5)37(34,35)14-13-30/h6-8,15H,9-14H2,1-5H3,(H2,27,28,33). The number of carbonyl (C=O) groups is 2. The Hall–Kier alpha value is -2.31. The van der Waals surface area contributed by atoms with Crippen molar-refractivity contribution in [3.8, 4) is 0 Å². The summed E-state index contributed by atoms with van der Waals surface area (Å²) in [7, 11) is 0.226. The first kappa shape index (κ1) is 29.2. The van der Waals surface area contributed by atoms with Gasteiger partial charge in [0.2, 0.25) is 15.8 Å². The van der Waals surface area contributed by atoms with Gasteiger partial charge in [0, 0.05) is 44.2 Å². The number of hydrogen-bond donors (Lipinski definition) is 2. The first-order chi connectivity index (χ1) is 17.2. The molecule has 0 atom stereocenters. The average molecular weight is 575 g/mol. The van der Waals surface area contributed by atoms with Crippen molar-refractivity contribution in [3.63, 3.8) is 0 Å². The minimum absolute atomic E-state index is 0.00887. The van der Waals surface area contributed by atoms with Crippen molar-refractivity contribution < 1.29 is 22.4 Å². The summed E-state index contributed by atoms with van der Waals surface area (Å²) in [6.45, 7) is 7.02. The minimum atomic E-state index is -3.51. The molecule has 0 spiro atoms. The minimum Gasteiger partial charge on any atom is -0.453 e. The van der Waals surface area contributed by atoms with E-state index >= 15 is 0 Å². The molecule has 0 radical (unpaired) electrons. The van der Waals surface area contributed by atoms with Crippen LogP contribution in [0, 0.1) is 0 Å². The number of urea groups is 1. The molecule has 10 nitrogen and oxygen atoms in total. The number of hydrogen-bond acceptors (Lipinski definition) is 6. The highest BCUT2D eigenvalue weighted by atomic mass is 35.5. The topological polar surface area (TPSA) is 115 Å². The number of benzene rings is 1. The van der Waals surface area contributed by atoms with Crippen molar-refractivity contribution in [1.82, 2.24) is 14.1 Å². The molecule has 1 aliphatic heterocycles. The van der Waals surface area contributed by atoms with Crippen LogP contribution in [-0.4, -0.2) is 87.0 Å². The molecule has 37 heavy (non-hydrogen) atoms. The van der Waals surface area contributed by atoms with Crippen LogP contribution in [0.1, 0.15) is 37.1 Å². The molecule has 0 unspecified atom stereocenters. The average Bonchev–Trinajstić information content (AvgIpc) is 3.15. The number of nitrogens with zero attached hydrogens (tertiary/aromatic N) is 3. The molecule has 1 saturated heterocycles. The SMILES string of the molecule is CN(C)CCN1CCN(C(=O)c2oc(C(C)(C)C)cc2NC(=O)Nc2cccc(Cl)c2Cl)CCS1(=O)=O. The second-order valence-electron chi connectivity index (χ2n) is 10.1. The summed E-state index contributed by atoms with van der Waals surface area (Å²) < 4.78 is 32.8. The van der Waals surface area contributed by atoms with E-state index in [0.29, 0.717) is 24.5 Å². The van der Waals surface area contributed by atoms with Gasteiger partial charge in [-0.15, -0.1) is 0 Å². The van der Waals surface area contributed by atoms with E-state index in [0.717, 1.165) is 0 Å². The van der Waals surface area contributed by atoms with Crippen LogP contribution < -0.4 is 10.6 Å². The number of amides is 3. The molecular weight excluding hydrogens is 541 g/mol. The fourth-order valence-corrected chi connectivity index (χ4v) is 5.41. The van der Waals surface area contributed by atoms with Crippen LogP contribution in [-0.2, 0) is 15.4 Å². The maximum absolute atomic E-state index is 13.5. The summed E-state index contributed by atoms with van der Waals surface area (Å²) in [6, 6.07) is 5.79. The highest BCUT2D eigenvalue weighted by Gasteiger charge is 2.33. The molecule has 0 bridgehead atoms. The molecule has 1 aliphatic rings. The van der Waals surface area contributed by atoms with E-state index in [4.69, 9.17) is 27.6 Å². The van der Waals surface area contributed by atoms with Gasteiger partial charge < -0.3 is 24.9 Å². The lowest BCUT2D eigenvalue weighted by Crippen LogP contribution is -2.39. The van der Waals surface area contributed by atoms with Crippen molar-refractivity contribution >= 4 is 56.5 Å². The van der Waals surface area contributed by atoms with Crippen LogP contribution >= 0.6 is 23.2 Å². The lowest BCUT2D eigenvalue weighted by atomic mass is 9.93. The molecule has 0 saturated carbocycles. The molecular formula is C24H33Cl2N5O5S. The highest BCUT2D eigenvalue weighted by Crippen LogP contribution is 2.33. The van der Waals surface area contributed by atoms with Gasteiger partial charge in [-0.3, -0.25) is 4.79 Å². The number of furan rings is 1. The quantitative estimate of drug-likeness (QED) is 0.535. The van der Waals surface area contributed by atoms with Crippen LogP contribution in [0.5, 0.6) is 0 Å². The van der Waals surface area contributed by atoms with E-state index in [1.807, 2.05) is 39.8 Å². The number of likely N-dealkylation sites (N-methyl/N-ethyl adjacent to an activating group) is 1. The van der Waals surface area contributed by atoms with E-state index in [1.165, 1.54) is 9.21 Å². The van der Waals surface area contributed by atoms with Crippen LogP contribution in [0.2, 0.25) is 10.0 Å². The van der Waals surface area contributed by atoms with Gasteiger partial charge in [0.05, 0.1) is 27.2 Å². The number of halogens is 2. The summed E-state index contributed by atoms with van der Waals surface area (Å²) in [5.41, 5.74) is 0.0176. The van der Waals surface area contributed by atoms with Gasteiger partial charge in [-0.1, -0.05) is 50.0 Å². The van der Waals surface area contributed by atoms with Gasteiger partial charge >= 0.3 is 6.03 Å². The van der Waals surface area contributed by atoms with Gasteiger partial charge in [-0.05, 0) is 26.2 Å². The molecule has 13 heteroatoms. The van der Waals surface area contributed by atoms with Crippen LogP contribution in [0.4, 0.5) is 16.2 Å². The molecule has 204 valence electrons. The van der Waals surface area contributed by atoms with E-state index in [1.54, 1.807) is 24.3 Å². The highest BCUT2D eigenvalue weighted by molar-refractivity contribution is 7.89. The monoisotopic (exact) mass is 573 g/mol. The Morgan fingerprint density at radius 1 is 1.08 bits per heavy atom. The third-order valence-corrected chi connectivity index (χ3v) is 8.50. The Morgan fingerprint density at radius 2 is 1.76 bits per heavy atom. The smallest absolute Gasteiger partial charge is 0.323 e. The number of nitrogens with one attached hydrogen (secondary N) is 2. The second kappa shape index (κ2) is 11.6. The summed E-state index contributed by atoms with van der Waals surface area (Å²) in [6.07, 6.45) is 0. The number of anilines is 2. The van der Waals surface area contributed by atoms with Gasteiger partial charge in [-0.25, -0.2) is 13.2 Å². The number of sulfonamides is 1. The normalized spacial score (nSPS) is 16.5. The van der Waals surface area contributed by atoms with Crippen molar-refractivity contribution in [2.45, 2.75) is 26.2 Å².